The SMILES string of the molecule is CC1(C)CCc2cc(CN(C(=O)CCl)C3CCn4ncnc4C3)ccc21. The van der Waals surface area contributed by atoms with Crippen molar-refractivity contribution in [1.29, 1.82) is 0 Å². The smallest absolute Gasteiger partial charge is 0.238 e. The van der Waals surface area contributed by atoms with Crippen LogP contribution in [0.5, 0.6) is 0 Å². The van der Waals surface area contributed by atoms with Crippen molar-refractivity contribution in [3.05, 3.63) is 47.0 Å². The maximum Gasteiger partial charge on any atom is 0.238 e. The Kier molecular flexibility index (Phi) is 4.51. The van der Waals surface area contributed by atoms with Gasteiger partial charge in [0, 0.05) is 25.6 Å². The second-order valence-corrected chi connectivity index (χ2v) is 8.34. The van der Waals surface area contributed by atoms with Crippen LogP contribution in [-0.4, -0.2) is 37.5 Å². The molecular weight excluding hydrogens is 348 g/mol. The van der Waals surface area contributed by atoms with Crippen LogP contribution in [-0.2, 0) is 36.1 Å². The summed E-state index contributed by atoms with van der Waals surface area (Å²) in [7, 11) is 0. The molecule has 4 rings (SSSR count). The van der Waals surface area contributed by atoms with Gasteiger partial charge in [0.25, 0.3) is 0 Å². The van der Waals surface area contributed by atoms with Crippen LogP contribution in [0, 0.1) is 0 Å². The zero-order valence-corrected chi connectivity index (χ0v) is 16.2. The van der Waals surface area contributed by atoms with E-state index < -0.39 is 0 Å². The average molecular weight is 373 g/mol. The van der Waals surface area contributed by atoms with Crippen LogP contribution in [0.25, 0.3) is 0 Å². The van der Waals surface area contributed by atoms with E-state index in [0.29, 0.717) is 6.54 Å². The number of hydrogen-bond acceptors (Lipinski definition) is 3. The quantitative estimate of drug-likeness (QED) is 0.775. The van der Waals surface area contributed by atoms with Gasteiger partial charge in [0.2, 0.25) is 5.91 Å². The predicted octanol–water partition coefficient (Wildman–Crippen LogP) is 3.08. The number of aryl methyl sites for hydroxylation is 2. The molecule has 5 nitrogen and oxygen atoms in total. The molecule has 1 aliphatic heterocycles. The number of alkyl halides is 1. The van der Waals surface area contributed by atoms with Crippen molar-refractivity contribution in [2.45, 2.75) is 64.1 Å². The lowest BCUT2D eigenvalue weighted by Gasteiger charge is -2.34. The van der Waals surface area contributed by atoms with Gasteiger partial charge in [-0.05, 0) is 41.4 Å². The molecule has 0 spiro atoms. The lowest BCUT2D eigenvalue weighted by atomic mass is 9.86. The van der Waals surface area contributed by atoms with Gasteiger partial charge in [-0.1, -0.05) is 32.0 Å². The number of aromatic nitrogens is 3. The molecule has 2 aromatic rings. The molecule has 2 heterocycles. The maximum absolute atomic E-state index is 12.6. The summed E-state index contributed by atoms with van der Waals surface area (Å²) < 4.78 is 1.93. The third-order valence-corrected chi connectivity index (χ3v) is 6.16. The van der Waals surface area contributed by atoms with Gasteiger partial charge in [0.1, 0.15) is 18.0 Å². The van der Waals surface area contributed by atoms with Gasteiger partial charge in [-0.2, -0.15) is 5.10 Å². The summed E-state index contributed by atoms with van der Waals surface area (Å²) in [4.78, 5) is 18.8. The first-order valence-electron chi connectivity index (χ1n) is 9.32. The van der Waals surface area contributed by atoms with Crippen molar-refractivity contribution in [1.82, 2.24) is 19.7 Å². The van der Waals surface area contributed by atoms with Crippen LogP contribution in [0.1, 0.15) is 49.2 Å². The largest absolute Gasteiger partial charge is 0.334 e. The standard InChI is InChI=1S/C20H25ClN4O/c1-20(2)7-5-15-9-14(3-4-17(15)20)12-24(19(26)11-21)16-6-8-25-18(10-16)22-13-23-25/h3-4,9,13,16H,5-8,10-12H2,1-2H3. The monoisotopic (exact) mass is 372 g/mol. The summed E-state index contributed by atoms with van der Waals surface area (Å²) in [5.41, 5.74) is 4.32. The molecule has 2 aliphatic rings. The minimum absolute atomic E-state index is 0.00883. The van der Waals surface area contributed by atoms with E-state index in [2.05, 4.69) is 42.1 Å². The maximum atomic E-state index is 12.6. The van der Waals surface area contributed by atoms with Crippen molar-refractivity contribution in [3.63, 3.8) is 0 Å². The molecule has 26 heavy (non-hydrogen) atoms. The zero-order chi connectivity index (χ0) is 18.3. The van der Waals surface area contributed by atoms with Crippen LogP contribution < -0.4 is 0 Å². The highest BCUT2D eigenvalue weighted by molar-refractivity contribution is 6.27. The summed E-state index contributed by atoms with van der Waals surface area (Å²) >= 11 is 5.92. The fourth-order valence-electron chi connectivity index (χ4n) is 4.37. The number of carbonyl (C=O) groups excluding carboxylic acids is 1. The molecule has 0 bridgehead atoms. The van der Waals surface area contributed by atoms with E-state index in [0.717, 1.165) is 31.6 Å². The Morgan fingerprint density at radius 3 is 3.08 bits per heavy atom. The Hall–Kier alpha value is -1.88. The number of rotatable bonds is 4. The van der Waals surface area contributed by atoms with Gasteiger partial charge < -0.3 is 4.90 Å². The molecular formula is C20H25ClN4O. The van der Waals surface area contributed by atoms with Gasteiger partial charge in [-0.3, -0.25) is 4.79 Å². The van der Waals surface area contributed by atoms with Crippen LogP contribution >= 0.6 is 11.6 Å². The first-order chi connectivity index (χ1) is 12.5. The van der Waals surface area contributed by atoms with Crippen molar-refractivity contribution >= 4 is 17.5 Å². The normalized spacial score (nSPS) is 20.5. The molecule has 0 saturated heterocycles. The van der Waals surface area contributed by atoms with E-state index in [-0.39, 0.29) is 23.2 Å². The van der Waals surface area contributed by atoms with Gasteiger partial charge in [0.15, 0.2) is 0 Å². The molecule has 0 radical (unpaired) electrons. The number of nitrogens with zero attached hydrogens (tertiary/aromatic N) is 4. The molecule has 1 aromatic carbocycles. The highest BCUT2D eigenvalue weighted by Gasteiger charge is 2.31. The van der Waals surface area contributed by atoms with Crippen LogP contribution in [0.15, 0.2) is 24.5 Å². The highest BCUT2D eigenvalue weighted by atomic mass is 35.5. The zero-order valence-electron chi connectivity index (χ0n) is 15.4. The van der Waals surface area contributed by atoms with Crippen molar-refractivity contribution in [3.8, 4) is 0 Å². The van der Waals surface area contributed by atoms with Gasteiger partial charge in [-0.25, -0.2) is 9.67 Å². The number of fused-ring (bicyclic) bond motifs is 2. The third kappa shape index (κ3) is 3.13. The molecule has 1 atom stereocenters. The molecule has 1 unspecified atom stereocenters. The summed E-state index contributed by atoms with van der Waals surface area (Å²) in [6.45, 7) is 6.02. The number of halogens is 1. The summed E-state index contributed by atoms with van der Waals surface area (Å²) in [5.74, 6) is 0.955. The highest BCUT2D eigenvalue weighted by Crippen LogP contribution is 2.38. The molecule has 0 saturated carbocycles. The first kappa shape index (κ1) is 17.5. The summed E-state index contributed by atoms with van der Waals surface area (Å²) in [6, 6.07) is 6.83. The summed E-state index contributed by atoms with van der Waals surface area (Å²) in [6.07, 6.45) is 5.52. The lowest BCUT2D eigenvalue weighted by Crippen LogP contribution is -2.44. The minimum atomic E-state index is -0.00883. The molecule has 6 heteroatoms. The van der Waals surface area contributed by atoms with E-state index in [9.17, 15) is 4.79 Å². The van der Waals surface area contributed by atoms with Crippen LogP contribution in [0.4, 0.5) is 0 Å². The Labute approximate surface area is 159 Å². The van der Waals surface area contributed by atoms with E-state index in [4.69, 9.17) is 11.6 Å². The van der Waals surface area contributed by atoms with Crippen LogP contribution in [0.3, 0.4) is 0 Å². The van der Waals surface area contributed by atoms with Crippen molar-refractivity contribution < 1.29 is 4.79 Å². The molecule has 1 aliphatic carbocycles. The molecule has 0 N–H and O–H groups in total. The number of hydrogen-bond donors (Lipinski definition) is 0. The van der Waals surface area contributed by atoms with Crippen molar-refractivity contribution in [2.24, 2.45) is 0 Å². The predicted molar refractivity (Wildman–Crippen MR) is 101 cm³/mol. The number of amides is 1. The first-order valence-corrected chi connectivity index (χ1v) is 9.86. The number of carbonyl (C=O) groups is 1. The second kappa shape index (κ2) is 6.69. The minimum Gasteiger partial charge on any atom is -0.334 e. The lowest BCUT2D eigenvalue weighted by molar-refractivity contribution is -0.132. The van der Waals surface area contributed by atoms with E-state index in [1.165, 1.54) is 23.1 Å². The second-order valence-electron chi connectivity index (χ2n) is 8.08. The van der Waals surface area contributed by atoms with Crippen LogP contribution in [0.2, 0.25) is 0 Å². The van der Waals surface area contributed by atoms with E-state index >= 15 is 0 Å². The molecule has 0 fully saturated rings. The molecule has 138 valence electrons. The van der Waals surface area contributed by atoms with Gasteiger partial charge in [0.05, 0.1) is 0 Å². The van der Waals surface area contributed by atoms with Gasteiger partial charge >= 0.3 is 0 Å². The molecule has 1 aromatic heterocycles. The number of benzene rings is 1. The Balaban J connectivity index is 1.56. The Morgan fingerprint density at radius 1 is 1.42 bits per heavy atom. The summed E-state index contributed by atoms with van der Waals surface area (Å²) in [5, 5.41) is 4.23. The molecule has 1 amide bonds. The average Bonchev–Trinajstić information content (AvgIpc) is 3.22. The topological polar surface area (TPSA) is 51.0 Å². The fraction of sp³-hybridized carbons (Fsp3) is 0.550. The van der Waals surface area contributed by atoms with Crippen molar-refractivity contribution in [2.75, 3.05) is 5.88 Å². The van der Waals surface area contributed by atoms with E-state index in [1.807, 2.05) is 9.58 Å². The Morgan fingerprint density at radius 2 is 2.27 bits per heavy atom. The fourth-order valence-corrected chi connectivity index (χ4v) is 4.53. The van der Waals surface area contributed by atoms with Gasteiger partial charge in [-0.15, -0.1) is 11.6 Å². The van der Waals surface area contributed by atoms with E-state index in [1.54, 1.807) is 6.33 Å². The third-order valence-electron chi connectivity index (χ3n) is 5.93. The Bertz CT molecular complexity index is 829.